The first-order valence-corrected chi connectivity index (χ1v) is 7.29. The van der Waals surface area contributed by atoms with Crippen molar-refractivity contribution in [1.82, 2.24) is 5.32 Å². The maximum atomic E-state index is 12.0. The van der Waals surface area contributed by atoms with Gasteiger partial charge in [0, 0.05) is 12.5 Å². The first kappa shape index (κ1) is 17.8. The number of methoxy groups -OCH3 is 1. The van der Waals surface area contributed by atoms with E-state index in [-0.39, 0.29) is 30.4 Å². The summed E-state index contributed by atoms with van der Waals surface area (Å²) in [7, 11) is 1.66. The van der Waals surface area contributed by atoms with Gasteiger partial charge in [-0.25, -0.2) is 0 Å². The third-order valence-corrected chi connectivity index (χ3v) is 3.71. The molecule has 21 heavy (non-hydrogen) atoms. The third-order valence-electron chi connectivity index (χ3n) is 3.71. The van der Waals surface area contributed by atoms with Crippen LogP contribution in [-0.2, 0) is 4.79 Å². The van der Waals surface area contributed by atoms with Crippen LogP contribution in [0.4, 0.5) is 0 Å². The highest BCUT2D eigenvalue weighted by Gasteiger charge is 2.33. The maximum Gasteiger partial charge on any atom is 0.220 e. The van der Waals surface area contributed by atoms with Crippen molar-refractivity contribution >= 4 is 18.3 Å². The highest BCUT2D eigenvalue weighted by atomic mass is 35.5. The minimum Gasteiger partial charge on any atom is -0.497 e. The number of nitrogens with one attached hydrogen (secondary N) is 1. The van der Waals surface area contributed by atoms with Gasteiger partial charge in [-0.15, -0.1) is 12.4 Å². The molecule has 0 radical (unpaired) electrons. The third kappa shape index (κ3) is 5.56. The molecule has 1 aromatic carbocycles. The van der Waals surface area contributed by atoms with E-state index in [9.17, 15) is 4.79 Å². The molecule has 1 aromatic rings. The molecule has 1 amide bonds. The van der Waals surface area contributed by atoms with Crippen molar-refractivity contribution < 1.29 is 9.53 Å². The van der Waals surface area contributed by atoms with Gasteiger partial charge in [0.25, 0.3) is 0 Å². The van der Waals surface area contributed by atoms with Crippen LogP contribution < -0.4 is 15.8 Å². The maximum absolute atomic E-state index is 12.0. The number of nitrogens with two attached hydrogens (primary N) is 1. The van der Waals surface area contributed by atoms with Crippen LogP contribution in [0.1, 0.15) is 44.2 Å². The van der Waals surface area contributed by atoms with Crippen molar-refractivity contribution in [3.05, 3.63) is 29.8 Å². The smallest absolute Gasteiger partial charge is 0.220 e. The molecule has 2 unspecified atom stereocenters. The molecule has 1 aliphatic carbocycles. The molecule has 2 atom stereocenters. The topological polar surface area (TPSA) is 64.3 Å². The van der Waals surface area contributed by atoms with Gasteiger partial charge in [0.05, 0.1) is 13.2 Å². The molecule has 2 rings (SSSR count). The van der Waals surface area contributed by atoms with Crippen LogP contribution in [-0.4, -0.2) is 19.1 Å². The Morgan fingerprint density at radius 2 is 2.00 bits per heavy atom. The van der Waals surface area contributed by atoms with Gasteiger partial charge >= 0.3 is 0 Å². The highest BCUT2D eigenvalue weighted by Crippen LogP contribution is 2.41. The lowest BCUT2D eigenvalue weighted by atomic mass is 10.0. The quantitative estimate of drug-likeness (QED) is 0.813. The summed E-state index contributed by atoms with van der Waals surface area (Å²) < 4.78 is 5.17. The fourth-order valence-corrected chi connectivity index (χ4v) is 2.32. The van der Waals surface area contributed by atoms with Gasteiger partial charge in [0.2, 0.25) is 5.91 Å². The van der Waals surface area contributed by atoms with Crippen LogP contribution in [0.15, 0.2) is 24.3 Å². The van der Waals surface area contributed by atoms with Gasteiger partial charge < -0.3 is 15.8 Å². The Hall–Kier alpha value is -1.26. The van der Waals surface area contributed by atoms with E-state index in [1.807, 2.05) is 31.2 Å². The zero-order valence-electron chi connectivity index (χ0n) is 12.7. The summed E-state index contributed by atoms with van der Waals surface area (Å²) in [5, 5.41) is 3.15. The number of hydrogen-bond acceptors (Lipinski definition) is 3. The van der Waals surface area contributed by atoms with Crippen molar-refractivity contribution in [3.8, 4) is 5.75 Å². The summed E-state index contributed by atoms with van der Waals surface area (Å²) in [4.78, 5) is 12.0. The monoisotopic (exact) mass is 312 g/mol. The average Bonchev–Trinajstić information content (AvgIpc) is 3.27. The Kier molecular flexibility index (Phi) is 6.99. The number of benzene rings is 1. The minimum atomic E-state index is 0. The SMILES string of the molecule is COc1ccc(C(NC(=O)CCC(C)N)C2CC2)cc1.Cl. The molecule has 0 bridgehead atoms. The Bertz CT molecular complexity index is 444. The van der Waals surface area contributed by atoms with Crippen molar-refractivity contribution in [3.63, 3.8) is 0 Å². The van der Waals surface area contributed by atoms with Gasteiger partial charge in [0.1, 0.15) is 5.75 Å². The fraction of sp³-hybridized carbons (Fsp3) is 0.562. The predicted octanol–water partition coefficient (Wildman–Crippen LogP) is 2.81. The molecule has 0 aliphatic heterocycles. The molecule has 0 heterocycles. The summed E-state index contributed by atoms with van der Waals surface area (Å²) in [6, 6.07) is 8.15. The summed E-state index contributed by atoms with van der Waals surface area (Å²) in [6.07, 6.45) is 3.59. The Morgan fingerprint density at radius 3 is 2.48 bits per heavy atom. The number of ether oxygens (including phenoxy) is 1. The minimum absolute atomic E-state index is 0. The van der Waals surface area contributed by atoms with Crippen molar-refractivity contribution in [1.29, 1.82) is 0 Å². The highest BCUT2D eigenvalue weighted by molar-refractivity contribution is 5.85. The molecule has 1 aliphatic rings. The number of carbonyl (C=O) groups excluding carboxylic acids is 1. The van der Waals surface area contributed by atoms with E-state index >= 15 is 0 Å². The molecule has 0 saturated heterocycles. The first-order chi connectivity index (χ1) is 9.60. The number of hydrogen-bond donors (Lipinski definition) is 2. The lowest BCUT2D eigenvalue weighted by molar-refractivity contribution is -0.122. The number of halogens is 1. The molecule has 0 spiro atoms. The molecular formula is C16H25ClN2O2. The van der Waals surface area contributed by atoms with Gasteiger partial charge in [-0.3, -0.25) is 4.79 Å². The van der Waals surface area contributed by atoms with Gasteiger partial charge in [-0.1, -0.05) is 12.1 Å². The van der Waals surface area contributed by atoms with Gasteiger partial charge in [0.15, 0.2) is 0 Å². The summed E-state index contributed by atoms with van der Waals surface area (Å²) in [5.41, 5.74) is 6.85. The van der Waals surface area contributed by atoms with E-state index in [0.717, 1.165) is 17.7 Å². The summed E-state index contributed by atoms with van der Waals surface area (Å²) in [6.45, 7) is 1.93. The van der Waals surface area contributed by atoms with Crippen LogP contribution in [0.3, 0.4) is 0 Å². The molecule has 1 saturated carbocycles. The second-order valence-corrected chi connectivity index (χ2v) is 5.67. The van der Waals surface area contributed by atoms with Gasteiger partial charge in [-0.2, -0.15) is 0 Å². The number of carbonyl (C=O) groups is 1. The van der Waals surface area contributed by atoms with E-state index in [4.69, 9.17) is 10.5 Å². The molecule has 118 valence electrons. The van der Waals surface area contributed by atoms with Crippen LogP contribution in [0, 0.1) is 5.92 Å². The van der Waals surface area contributed by atoms with E-state index in [1.54, 1.807) is 7.11 Å². The zero-order chi connectivity index (χ0) is 14.5. The standard InChI is InChI=1S/C16H24N2O2.ClH/c1-11(17)3-10-15(19)18-16(12-4-5-12)13-6-8-14(20-2)9-7-13;/h6-9,11-12,16H,3-5,10,17H2,1-2H3,(H,18,19);1H. The van der Waals surface area contributed by atoms with Crippen molar-refractivity contribution in [2.75, 3.05) is 7.11 Å². The molecule has 4 nitrogen and oxygen atoms in total. The molecule has 0 aromatic heterocycles. The molecule has 3 N–H and O–H groups in total. The normalized spacial score (nSPS) is 16.5. The zero-order valence-corrected chi connectivity index (χ0v) is 13.5. The molecule has 1 fully saturated rings. The second kappa shape index (κ2) is 8.25. The first-order valence-electron chi connectivity index (χ1n) is 7.29. The number of amides is 1. The van der Waals surface area contributed by atoms with Crippen molar-refractivity contribution in [2.24, 2.45) is 11.7 Å². The summed E-state index contributed by atoms with van der Waals surface area (Å²) >= 11 is 0. The van der Waals surface area contributed by atoms with Crippen LogP contribution in [0.25, 0.3) is 0 Å². The van der Waals surface area contributed by atoms with E-state index < -0.39 is 0 Å². The summed E-state index contributed by atoms with van der Waals surface area (Å²) in [5.74, 6) is 1.50. The lowest BCUT2D eigenvalue weighted by Crippen LogP contribution is -2.31. The van der Waals surface area contributed by atoms with Crippen molar-refractivity contribution in [2.45, 2.75) is 44.7 Å². The predicted molar refractivity (Wildman–Crippen MR) is 86.7 cm³/mol. The van der Waals surface area contributed by atoms with Gasteiger partial charge in [-0.05, 0) is 49.8 Å². The Labute approximate surface area is 132 Å². The van der Waals surface area contributed by atoms with E-state index in [0.29, 0.717) is 12.3 Å². The Balaban J connectivity index is 0.00000220. The lowest BCUT2D eigenvalue weighted by Gasteiger charge is -2.19. The van der Waals surface area contributed by atoms with Crippen LogP contribution >= 0.6 is 12.4 Å². The molecule has 5 heteroatoms. The van der Waals surface area contributed by atoms with Crippen LogP contribution in [0.5, 0.6) is 5.75 Å². The van der Waals surface area contributed by atoms with E-state index in [2.05, 4.69) is 5.32 Å². The number of rotatable bonds is 7. The largest absolute Gasteiger partial charge is 0.497 e. The van der Waals surface area contributed by atoms with E-state index in [1.165, 1.54) is 12.8 Å². The Morgan fingerprint density at radius 1 is 1.38 bits per heavy atom. The molecular weight excluding hydrogens is 288 g/mol. The average molecular weight is 313 g/mol. The van der Waals surface area contributed by atoms with Crippen LogP contribution in [0.2, 0.25) is 0 Å². The fourth-order valence-electron chi connectivity index (χ4n) is 2.32. The second-order valence-electron chi connectivity index (χ2n) is 5.67.